The first-order valence-electron chi connectivity index (χ1n) is 6.16. The molecule has 4 nitrogen and oxygen atoms in total. The van der Waals surface area contributed by atoms with E-state index in [1.54, 1.807) is 17.5 Å². The van der Waals surface area contributed by atoms with Gasteiger partial charge in [0.05, 0.1) is 12.1 Å². The predicted molar refractivity (Wildman–Crippen MR) is 74.2 cm³/mol. The molecule has 1 aromatic heterocycles. The molecule has 0 fully saturated rings. The van der Waals surface area contributed by atoms with Gasteiger partial charge in [-0.3, -0.25) is 0 Å². The van der Waals surface area contributed by atoms with Gasteiger partial charge in [0.2, 0.25) is 10.0 Å². The molecule has 0 aliphatic rings. The summed E-state index contributed by atoms with van der Waals surface area (Å²) in [4.78, 5) is 0. The third kappa shape index (κ3) is 3.78. The molecule has 3 atom stereocenters. The van der Waals surface area contributed by atoms with E-state index in [2.05, 4.69) is 4.72 Å². The molecule has 1 heterocycles. The molecule has 0 aromatic carbocycles. The lowest BCUT2D eigenvalue weighted by molar-refractivity contribution is 0.107. The first-order valence-corrected chi connectivity index (χ1v) is 8.52. The van der Waals surface area contributed by atoms with Crippen molar-refractivity contribution in [2.75, 3.05) is 0 Å². The van der Waals surface area contributed by atoms with Crippen molar-refractivity contribution >= 4 is 21.4 Å². The summed E-state index contributed by atoms with van der Waals surface area (Å²) in [5.41, 5.74) is 0. The number of hydrogen-bond acceptors (Lipinski definition) is 4. The van der Waals surface area contributed by atoms with Gasteiger partial charge < -0.3 is 5.11 Å². The second kappa shape index (κ2) is 6.65. The van der Waals surface area contributed by atoms with Crippen molar-refractivity contribution in [3.05, 3.63) is 17.5 Å². The Morgan fingerprint density at radius 2 is 2.06 bits per heavy atom. The second-order valence-electron chi connectivity index (χ2n) is 4.44. The maximum atomic E-state index is 12.1. The van der Waals surface area contributed by atoms with Gasteiger partial charge in [0.1, 0.15) is 4.21 Å². The number of nitrogens with one attached hydrogen (secondary N) is 1. The Kier molecular flexibility index (Phi) is 5.78. The minimum atomic E-state index is -3.52. The third-order valence-electron chi connectivity index (χ3n) is 3.14. The molecule has 104 valence electrons. The van der Waals surface area contributed by atoms with E-state index in [1.165, 1.54) is 11.3 Å². The molecular formula is C12H21NO3S2. The summed E-state index contributed by atoms with van der Waals surface area (Å²) >= 11 is 1.18. The highest BCUT2D eigenvalue weighted by molar-refractivity contribution is 7.91. The zero-order valence-electron chi connectivity index (χ0n) is 11.0. The number of rotatable bonds is 7. The number of aliphatic hydroxyl groups excluding tert-OH is 1. The zero-order valence-corrected chi connectivity index (χ0v) is 12.6. The van der Waals surface area contributed by atoms with Crippen molar-refractivity contribution in [1.82, 2.24) is 4.72 Å². The number of thiophene rings is 1. The van der Waals surface area contributed by atoms with Gasteiger partial charge in [-0.15, -0.1) is 11.3 Å². The maximum Gasteiger partial charge on any atom is 0.250 e. The van der Waals surface area contributed by atoms with Crippen molar-refractivity contribution in [2.24, 2.45) is 5.92 Å². The van der Waals surface area contributed by atoms with Gasteiger partial charge in [-0.2, -0.15) is 0 Å². The van der Waals surface area contributed by atoms with Crippen LogP contribution in [0.1, 0.15) is 33.6 Å². The lowest BCUT2D eigenvalue weighted by Crippen LogP contribution is -2.46. The quantitative estimate of drug-likeness (QED) is 0.809. The van der Waals surface area contributed by atoms with Gasteiger partial charge in [0.25, 0.3) is 0 Å². The van der Waals surface area contributed by atoms with Crippen LogP contribution in [0, 0.1) is 5.92 Å². The fourth-order valence-corrected chi connectivity index (χ4v) is 4.12. The fraction of sp³-hybridized carbons (Fsp3) is 0.667. The van der Waals surface area contributed by atoms with Crippen LogP contribution >= 0.6 is 11.3 Å². The Labute approximate surface area is 113 Å². The minimum absolute atomic E-state index is 0.0923. The standard InChI is InChI=1S/C12H21NO3S2/c1-4-9(3)12(10(14)5-2)13-18(15,16)11-7-6-8-17-11/h6-10,12-14H,4-5H2,1-3H3/t9-,10?,12?/m0/s1. The van der Waals surface area contributed by atoms with Crippen LogP contribution in [0.2, 0.25) is 0 Å². The van der Waals surface area contributed by atoms with Gasteiger partial charge in [0.15, 0.2) is 0 Å². The first-order chi connectivity index (χ1) is 8.42. The molecule has 1 rings (SSSR count). The molecule has 0 saturated carbocycles. The maximum absolute atomic E-state index is 12.1. The van der Waals surface area contributed by atoms with Gasteiger partial charge in [-0.05, 0) is 23.8 Å². The molecule has 0 bridgehead atoms. The molecule has 0 amide bonds. The average molecular weight is 291 g/mol. The summed E-state index contributed by atoms with van der Waals surface area (Å²) in [6.07, 6.45) is 0.686. The van der Waals surface area contributed by atoms with Crippen LogP contribution in [0.3, 0.4) is 0 Å². The number of sulfonamides is 1. The van der Waals surface area contributed by atoms with Crippen LogP contribution in [0.15, 0.2) is 21.7 Å². The molecule has 6 heteroatoms. The van der Waals surface area contributed by atoms with Crippen LogP contribution in [-0.2, 0) is 10.0 Å². The van der Waals surface area contributed by atoms with E-state index >= 15 is 0 Å². The monoisotopic (exact) mass is 291 g/mol. The Balaban J connectivity index is 2.90. The van der Waals surface area contributed by atoms with E-state index in [-0.39, 0.29) is 5.92 Å². The van der Waals surface area contributed by atoms with Crippen LogP contribution in [-0.4, -0.2) is 25.7 Å². The largest absolute Gasteiger partial charge is 0.391 e. The van der Waals surface area contributed by atoms with E-state index in [0.29, 0.717) is 10.6 Å². The highest BCUT2D eigenvalue weighted by Gasteiger charge is 2.29. The molecule has 0 radical (unpaired) electrons. The van der Waals surface area contributed by atoms with Crippen molar-refractivity contribution in [3.8, 4) is 0 Å². The summed E-state index contributed by atoms with van der Waals surface area (Å²) in [7, 11) is -3.52. The summed E-state index contributed by atoms with van der Waals surface area (Å²) in [6, 6.07) is 2.83. The topological polar surface area (TPSA) is 66.4 Å². The van der Waals surface area contributed by atoms with Gasteiger partial charge in [0, 0.05) is 0 Å². The lowest BCUT2D eigenvalue weighted by Gasteiger charge is -2.27. The number of aliphatic hydroxyl groups is 1. The summed E-state index contributed by atoms with van der Waals surface area (Å²) in [5.74, 6) is 0.0923. The fourth-order valence-electron chi connectivity index (χ4n) is 1.74. The van der Waals surface area contributed by atoms with Crippen LogP contribution in [0.5, 0.6) is 0 Å². The Bertz CT molecular complexity index is 432. The molecule has 0 aliphatic heterocycles. The highest BCUT2D eigenvalue weighted by atomic mass is 32.2. The Morgan fingerprint density at radius 3 is 2.50 bits per heavy atom. The summed E-state index contributed by atoms with van der Waals surface area (Å²) in [5, 5.41) is 11.7. The van der Waals surface area contributed by atoms with E-state index in [0.717, 1.165) is 6.42 Å². The van der Waals surface area contributed by atoms with E-state index < -0.39 is 22.2 Å². The van der Waals surface area contributed by atoms with Crippen LogP contribution in [0.4, 0.5) is 0 Å². The Hall–Kier alpha value is -0.430. The van der Waals surface area contributed by atoms with Crippen LogP contribution in [0.25, 0.3) is 0 Å². The molecule has 2 unspecified atom stereocenters. The highest BCUT2D eigenvalue weighted by Crippen LogP contribution is 2.20. The van der Waals surface area contributed by atoms with Crippen LogP contribution < -0.4 is 4.72 Å². The number of hydrogen-bond donors (Lipinski definition) is 2. The van der Waals surface area contributed by atoms with E-state index in [9.17, 15) is 13.5 Å². The zero-order chi connectivity index (χ0) is 13.8. The molecule has 0 saturated heterocycles. The van der Waals surface area contributed by atoms with Gasteiger partial charge >= 0.3 is 0 Å². The Morgan fingerprint density at radius 1 is 1.39 bits per heavy atom. The summed E-state index contributed by atoms with van der Waals surface area (Å²) in [6.45, 7) is 5.78. The van der Waals surface area contributed by atoms with Crippen molar-refractivity contribution in [1.29, 1.82) is 0 Å². The first kappa shape index (κ1) is 15.6. The van der Waals surface area contributed by atoms with Crippen molar-refractivity contribution < 1.29 is 13.5 Å². The van der Waals surface area contributed by atoms with Gasteiger partial charge in [-0.1, -0.05) is 33.3 Å². The smallest absolute Gasteiger partial charge is 0.250 e. The minimum Gasteiger partial charge on any atom is -0.391 e. The molecule has 1 aromatic rings. The SMILES string of the molecule is CCC(O)C(NS(=O)(=O)c1cccs1)[C@@H](C)CC. The molecular weight excluding hydrogens is 270 g/mol. The molecule has 18 heavy (non-hydrogen) atoms. The van der Waals surface area contributed by atoms with E-state index in [1.807, 2.05) is 20.8 Å². The van der Waals surface area contributed by atoms with Crippen molar-refractivity contribution in [2.45, 2.75) is 50.0 Å². The van der Waals surface area contributed by atoms with Crippen molar-refractivity contribution in [3.63, 3.8) is 0 Å². The average Bonchev–Trinajstić information content (AvgIpc) is 2.88. The van der Waals surface area contributed by atoms with E-state index in [4.69, 9.17) is 0 Å². The summed E-state index contributed by atoms with van der Waals surface area (Å²) < 4.78 is 27.2. The predicted octanol–water partition coefficient (Wildman–Crippen LogP) is 2.21. The third-order valence-corrected chi connectivity index (χ3v) is 6.00. The van der Waals surface area contributed by atoms with Gasteiger partial charge in [-0.25, -0.2) is 13.1 Å². The molecule has 0 spiro atoms. The second-order valence-corrected chi connectivity index (χ2v) is 7.33. The molecule has 2 N–H and O–H groups in total. The lowest BCUT2D eigenvalue weighted by atomic mass is 9.94. The molecule has 0 aliphatic carbocycles. The normalized spacial score (nSPS) is 17.3.